The molecule has 1 aliphatic rings. The lowest BCUT2D eigenvalue weighted by Gasteiger charge is -2.19. The first-order chi connectivity index (χ1) is 11.1. The number of esters is 1. The summed E-state index contributed by atoms with van der Waals surface area (Å²) in [5.74, 6) is -0.198. The van der Waals surface area contributed by atoms with Crippen LogP contribution in [0.2, 0.25) is 0 Å². The molecule has 2 amide bonds. The third kappa shape index (κ3) is 5.05. The summed E-state index contributed by atoms with van der Waals surface area (Å²) in [5, 5.41) is 2.66. The second-order valence-electron chi connectivity index (χ2n) is 5.41. The molecule has 1 N–H and O–H groups in total. The molecule has 2 rings (SSSR count). The normalized spacial score (nSPS) is 15.0. The topological polar surface area (TPSA) is 88.6 Å². The van der Waals surface area contributed by atoms with Gasteiger partial charge in [0.15, 0.2) is 0 Å². The van der Waals surface area contributed by atoms with Crippen LogP contribution in [0, 0.1) is 0 Å². The van der Waals surface area contributed by atoms with E-state index in [1.54, 1.807) is 11.0 Å². The van der Waals surface area contributed by atoms with E-state index in [0.717, 1.165) is 25.8 Å². The molecule has 1 aliphatic heterocycles. The molecule has 1 aromatic heterocycles. The van der Waals surface area contributed by atoms with Crippen molar-refractivity contribution in [3.63, 3.8) is 0 Å². The van der Waals surface area contributed by atoms with E-state index in [1.165, 1.54) is 19.4 Å². The van der Waals surface area contributed by atoms with Crippen LogP contribution < -0.4 is 5.32 Å². The minimum atomic E-state index is -0.477. The van der Waals surface area contributed by atoms with Gasteiger partial charge in [0, 0.05) is 32.1 Å². The lowest BCUT2D eigenvalue weighted by Crippen LogP contribution is -2.33. The average Bonchev–Trinajstić information content (AvgIpc) is 2.77. The molecule has 7 heteroatoms. The van der Waals surface area contributed by atoms with Crippen LogP contribution in [-0.4, -0.2) is 47.9 Å². The number of rotatable bonds is 5. The summed E-state index contributed by atoms with van der Waals surface area (Å²) in [7, 11) is 1.29. The summed E-state index contributed by atoms with van der Waals surface area (Å²) in [6, 6.07) is 3.08. The Labute approximate surface area is 135 Å². The van der Waals surface area contributed by atoms with Crippen molar-refractivity contribution in [1.82, 2.24) is 9.88 Å². The number of nitrogens with one attached hydrogen (secondary N) is 1. The third-order valence-electron chi connectivity index (χ3n) is 3.73. The van der Waals surface area contributed by atoms with Crippen molar-refractivity contribution < 1.29 is 19.1 Å². The van der Waals surface area contributed by atoms with Crippen LogP contribution in [0.25, 0.3) is 0 Å². The number of amides is 2. The van der Waals surface area contributed by atoms with E-state index in [9.17, 15) is 14.4 Å². The highest BCUT2D eigenvalue weighted by Gasteiger charge is 2.17. The highest BCUT2D eigenvalue weighted by Crippen LogP contribution is 2.12. The smallest absolute Gasteiger partial charge is 0.339 e. The lowest BCUT2D eigenvalue weighted by molar-refractivity contribution is -0.131. The zero-order valence-electron chi connectivity index (χ0n) is 13.2. The fraction of sp³-hybridized carbons (Fsp3) is 0.500. The second-order valence-corrected chi connectivity index (χ2v) is 5.41. The SMILES string of the molecule is COC(=O)c1ccc(NC(=O)CCN2CCCCCC2=O)nc1. The van der Waals surface area contributed by atoms with Gasteiger partial charge in [-0.2, -0.15) is 0 Å². The van der Waals surface area contributed by atoms with Crippen molar-refractivity contribution in [2.24, 2.45) is 0 Å². The summed E-state index contributed by atoms with van der Waals surface area (Å²) in [6.07, 6.45) is 5.12. The molecule has 2 heterocycles. The lowest BCUT2D eigenvalue weighted by atomic mass is 10.2. The summed E-state index contributed by atoms with van der Waals surface area (Å²) in [5.41, 5.74) is 0.320. The number of hydrogen-bond acceptors (Lipinski definition) is 5. The van der Waals surface area contributed by atoms with Gasteiger partial charge in [0.05, 0.1) is 12.7 Å². The summed E-state index contributed by atoms with van der Waals surface area (Å²) < 4.78 is 4.58. The Morgan fingerprint density at radius 2 is 2.13 bits per heavy atom. The van der Waals surface area contributed by atoms with Crippen LogP contribution in [0.5, 0.6) is 0 Å². The maximum absolute atomic E-state index is 11.9. The van der Waals surface area contributed by atoms with Gasteiger partial charge < -0.3 is 15.0 Å². The zero-order valence-corrected chi connectivity index (χ0v) is 13.2. The van der Waals surface area contributed by atoms with Crippen molar-refractivity contribution in [3.8, 4) is 0 Å². The van der Waals surface area contributed by atoms with Crippen molar-refractivity contribution in [3.05, 3.63) is 23.9 Å². The molecule has 0 aromatic carbocycles. The van der Waals surface area contributed by atoms with E-state index in [4.69, 9.17) is 0 Å². The molecule has 0 saturated carbocycles. The first-order valence-electron chi connectivity index (χ1n) is 7.72. The van der Waals surface area contributed by atoms with Crippen LogP contribution >= 0.6 is 0 Å². The fourth-order valence-corrected chi connectivity index (χ4v) is 2.42. The molecule has 1 aromatic rings. The Morgan fingerprint density at radius 1 is 1.30 bits per heavy atom. The largest absolute Gasteiger partial charge is 0.465 e. The molecule has 0 atom stereocenters. The Bertz CT molecular complexity index is 571. The van der Waals surface area contributed by atoms with Crippen LogP contribution in [0.15, 0.2) is 18.3 Å². The Morgan fingerprint density at radius 3 is 2.83 bits per heavy atom. The number of carbonyl (C=O) groups is 3. The number of hydrogen-bond donors (Lipinski definition) is 1. The predicted octanol–water partition coefficient (Wildman–Crippen LogP) is 1.60. The molecule has 0 spiro atoms. The van der Waals surface area contributed by atoms with Gasteiger partial charge in [0.1, 0.15) is 5.82 Å². The van der Waals surface area contributed by atoms with E-state index in [0.29, 0.717) is 24.3 Å². The molecule has 1 fully saturated rings. The molecule has 0 bridgehead atoms. The van der Waals surface area contributed by atoms with E-state index in [1.807, 2.05) is 0 Å². The van der Waals surface area contributed by atoms with Crippen molar-refractivity contribution in [1.29, 1.82) is 0 Å². The first kappa shape index (κ1) is 16.9. The number of aromatic nitrogens is 1. The molecule has 23 heavy (non-hydrogen) atoms. The van der Waals surface area contributed by atoms with Gasteiger partial charge in [-0.05, 0) is 25.0 Å². The van der Waals surface area contributed by atoms with Gasteiger partial charge in [-0.15, -0.1) is 0 Å². The summed E-state index contributed by atoms with van der Waals surface area (Å²) in [4.78, 5) is 40.8. The van der Waals surface area contributed by atoms with Crippen LogP contribution in [0.3, 0.4) is 0 Å². The van der Waals surface area contributed by atoms with Gasteiger partial charge in [-0.25, -0.2) is 9.78 Å². The minimum absolute atomic E-state index is 0.121. The molecular weight excluding hydrogens is 298 g/mol. The average molecular weight is 319 g/mol. The van der Waals surface area contributed by atoms with Gasteiger partial charge in [0.2, 0.25) is 11.8 Å². The molecule has 0 radical (unpaired) electrons. The van der Waals surface area contributed by atoms with Gasteiger partial charge >= 0.3 is 5.97 Å². The van der Waals surface area contributed by atoms with Crippen molar-refractivity contribution in [2.45, 2.75) is 32.1 Å². The minimum Gasteiger partial charge on any atom is -0.465 e. The summed E-state index contributed by atoms with van der Waals surface area (Å²) >= 11 is 0. The Kier molecular flexibility index (Phi) is 6.08. The highest BCUT2D eigenvalue weighted by atomic mass is 16.5. The number of methoxy groups -OCH3 is 1. The molecular formula is C16H21N3O4. The first-order valence-corrected chi connectivity index (χ1v) is 7.72. The molecule has 0 unspecified atom stereocenters. The Balaban J connectivity index is 1.82. The van der Waals surface area contributed by atoms with Gasteiger partial charge in [-0.3, -0.25) is 9.59 Å². The van der Waals surface area contributed by atoms with E-state index >= 15 is 0 Å². The molecule has 7 nitrogen and oxygen atoms in total. The summed E-state index contributed by atoms with van der Waals surface area (Å²) in [6.45, 7) is 1.14. The van der Waals surface area contributed by atoms with Gasteiger partial charge in [0.25, 0.3) is 0 Å². The monoisotopic (exact) mass is 319 g/mol. The third-order valence-corrected chi connectivity index (χ3v) is 3.73. The maximum atomic E-state index is 11.9. The number of likely N-dealkylation sites (tertiary alicyclic amines) is 1. The van der Waals surface area contributed by atoms with E-state index < -0.39 is 5.97 Å². The predicted molar refractivity (Wildman–Crippen MR) is 83.9 cm³/mol. The van der Waals surface area contributed by atoms with Crippen LogP contribution in [0.1, 0.15) is 42.5 Å². The number of anilines is 1. The van der Waals surface area contributed by atoms with Gasteiger partial charge in [-0.1, -0.05) is 6.42 Å². The van der Waals surface area contributed by atoms with Crippen molar-refractivity contribution >= 4 is 23.6 Å². The molecule has 0 aliphatic carbocycles. The number of ether oxygens (including phenoxy) is 1. The van der Waals surface area contributed by atoms with Crippen molar-refractivity contribution in [2.75, 3.05) is 25.5 Å². The van der Waals surface area contributed by atoms with Crippen LogP contribution in [-0.2, 0) is 14.3 Å². The number of carbonyl (C=O) groups excluding carboxylic acids is 3. The number of nitrogens with zero attached hydrogens (tertiary/aromatic N) is 2. The quantitative estimate of drug-likeness (QED) is 0.833. The maximum Gasteiger partial charge on any atom is 0.339 e. The zero-order chi connectivity index (χ0) is 16.7. The highest BCUT2D eigenvalue weighted by molar-refractivity contribution is 5.92. The molecule has 124 valence electrons. The second kappa shape index (κ2) is 8.26. The van der Waals surface area contributed by atoms with E-state index in [-0.39, 0.29) is 18.2 Å². The van der Waals surface area contributed by atoms with E-state index in [2.05, 4.69) is 15.0 Å². The standard InChI is InChI=1S/C16H21N3O4/c1-23-16(22)12-6-7-13(17-11-12)18-14(20)8-10-19-9-4-2-3-5-15(19)21/h6-7,11H,2-5,8-10H2,1H3,(H,17,18,20). The molecule has 1 saturated heterocycles. The fourth-order valence-electron chi connectivity index (χ4n) is 2.42. The Hall–Kier alpha value is -2.44. The van der Waals surface area contributed by atoms with Crippen LogP contribution in [0.4, 0.5) is 5.82 Å². The number of pyridine rings is 1.